The van der Waals surface area contributed by atoms with Gasteiger partial charge in [0.2, 0.25) is 11.8 Å². The van der Waals surface area contributed by atoms with E-state index in [2.05, 4.69) is 15.2 Å². The van der Waals surface area contributed by atoms with Crippen molar-refractivity contribution in [3.05, 3.63) is 53.0 Å². The fourth-order valence-corrected chi connectivity index (χ4v) is 3.27. The highest BCUT2D eigenvalue weighted by atomic mass is 32.1. The van der Waals surface area contributed by atoms with E-state index in [1.807, 2.05) is 5.32 Å². The highest BCUT2D eigenvalue weighted by molar-refractivity contribution is 7.17. The van der Waals surface area contributed by atoms with Crippen molar-refractivity contribution < 1.29 is 27.2 Å². The highest BCUT2D eigenvalue weighted by Gasteiger charge is 2.41. The van der Waals surface area contributed by atoms with Crippen LogP contribution in [0, 0.1) is 0 Å². The zero-order valence-electron chi connectivity index (χ0n) is 15.1. The average molecular weight is 424 g/mol. The first kappa shape index (κ1) is 20.6. The number of aryl methyl sites for hydroxylation is 1. The number of carbonyl (C=O) groups is 2. The van der Waals surface area contributed by atoms with Crippen LogP contribution in [-0.4, -0.2) is 33.0 Å². The van der Waals surface area contributed by atoms with E-state index < -0.39 is 18.1 Å². The summed E-state index contributed by atoms with van der Waals surface area (Å²) < 4.78 is 45.3. The van der Waals surface area contributed by atoms with Crippen LogP contribution in [0.25, 0.3) is 10.8 Å². The zero-order valence-corrected chi connectivity index (χ0v) is 15.9. The van der Waals surface area contributed by atoms with Gasteiger partial charge in [0.25, 0.3) is 5.89 Å². The summed E-state index contributed by atoms with van der Waals surface area (Å²) in [5, 5.41) is 9.61. The van der Waals surface area contributed by atoms with Gasteiger partial charge in [-0.1, -0.05) is 6.07 Å². The minimum absolute atomic E-state index is 0.0264. The van der Waals surface area contributed by atoms with E-state index in [1.165, 1.54) is 36.6 Å². The van der Waals surface area contributed by atoms with Crippen LogP contribution in [0.5, 0.6) is 0 Å². The molecule has 7 nitrogen and oxygen atoms in total. The number of hydrogen-bond acceptors (Lipinski definition) is 7. The molecule has 3 aromatic heterocycles. The Kier molecular flexibility index (Phi) is 6.06. The van der Waals surface area contributed by atoms with Crippen molar-refractivity contribution in [2.24, 2.45) is 0 Å². The molecule has 0 bridgehead atoms. The number of pyridine rings is 1. The largest absolute Gasteiger partial charge is 0.420 e. The van der Waals surface area contributed by atoms with Crippen molar-refractivity contribution in [2.45, 2.75) is 32.0 Å². The van der Waals surface area contributed by atoms with E-state index in [4.69, 9.17) is 4.42 Å². The molecule has 0 unspecified atom stereocenters. The summed E-state index contributed by atoms with van der Waals surface area (Å²) in [5.41, 5.74) is -0.160. The van der Waals surface area contributed by atoms with Gasteiger partial charge in [-0.25, -0.2) is 0 Å². The number of thiophene rings is 1. The van der Waals surface area contributed by atoms with Gasteiger partial charge >= 0.3 is 6.18 Å². The van der Waals surface area contributed by atoms with Crippen LogP contribution >= 0.6 is 11.3 Å². The lowest BCUT2D eigenvalue weighted by Crippen LogP contribution is -2.38. The van der Waals surface area contributed by atoms with Crippen molar-refractivity contribution in [3.8, 4) is 10.8 Å². The molecule has 0 spiro atoms. The first-order chi connectivity index (χ1) is 13.7. The van der Waals surface area contributed by atoms with Crippen LogP contribution in [0.15, 0.2) is 41.1 Å². The first-order valence-corrected chi connectivity index (χ1v) is 9.25. The van der Waals surface area contributed by atoms with Gasteiger partial charge in [0.05, 0.1) is 9.75 Å². The van der Waals surface area contributed by atoms with Crippen molar-refractivity contribution in [1.82, 2.24) is 20.5 Å². The molecular weight excluding hydrogens is 409 g/mol. The molecule has 3 heterocycles. The lowest BCUT2D eigenvalue weighted by atomic mass is 10.1. The Hall–Kier alpha value is -3.08. The zero-order chi connectivity index (χ0) is 21.0. The summed E-state index contributed by atoms with van der Waals surface area (Å²) >= 11 is 1.18. The molecule has 0 fully saturated rings. The number of halogens is 3. The van der Waals surface area contributed by atoms with E-state index in [9.17, 15) is 22.8 Å². The molecule has 0 saturated carbocycles. The molecule has 0 saturated heterocycles. The van der Waals surface area contributed by atoms with Crippen LogP contribution < -0.4 is 5.32 Å². The number of amides is 1. The normalized spacial score (nSPS) is 12.6. The van der Waals surface area contributed by atoms with Crippen molar-refractivity contribution >= 4 is 23.0 Å². The lowest BCUT2D eigenvalue weighted by molar-refractivity contribution is -0.163. The second-order valence-electron chi connectivity index (χ2n) is 6.05. The molecule has 152 valence electrons. The van der Waals surface area contributed by atoms with E-state index in [0.29, 0.717) is 9.75 Å². The van der Waals surface area contributed by atoms with Crippen molar-refractivity contribution in [2.75, 3.05) is 0 Å². The number of carbonyl (C=O) groups excluding carboxylic acids is 2. The van der Waals surface area contributed by atoms with Crippen molar-refractivity contribution in [1.29, 1.82) is 0 Å². The predicted molar refractivity (Wildman–Crippen MR) is 97.1 cm³/mol. The summed E-state index contributed by atoms with van der Waals surface area (Å²) in [6.45, 7) is 1.44. The second kappa shape index (κ2) is 8.52. The molecule has 1 amide bonds. The van der Waals surface area contributed by atoms with Gasteiger partial charge in [-0.15, -0.1) is 21.5 Å². The molecule has 3 aromatic rings. The predicted octanol–water partition coefficient (Wildman–Crippen LogP) is 3.75. The SMILES string of the molecule is CC(=O)c1ccc(-c2nnc(CCC(=O)N[C@@H](c3cccnc3)C(F)(F)F)o2)s1. The molecule has 1 atom stereocenters. The number of nitrogens with one attached hydrogen (secondary N) is 1. The Morgan fingerprint density at radius 3 is 2.66 bits per heavy atom. The topological polar surface area (TPSA) is 98.0 Å². The summed E-state index contributed by atoms with van der Waals surface area (Å²) in [6, 6.07) is 3.75. The van der Waals surface area contributed by atoms with E-state index >= 15 is 0 Å². The van der Waals surface area contributed by atoms with Crippen LogP contribution in [0.4, 0.5) is 13.2 Å². The number of nitrogens with zero attached hydrogens (tertiary/aromatic N) is 3. The minimum Gasteiger partial charge on any atom is -0.420 e. The molecule has 3 rings (SSSR count). The molecule has 29 heavy (non-hydrogen) atoms. The summed E-state index contributed by atoms with van der Waals surface area (Å²) in [4.78, 5) is 28.2. The van der Waals surface area contributed by atoms with Crippen LogP contribution in [0.3, 0.4) is 0 Å². The third-order valence-electron chi connectivity index (χ3n) is 3.85. The standard InChI is InChI=1S/C18H15F3N4O3S/c1-10(26)12-4-5-13(29-12)17-25-24-15(28-17)7-6-14(27)23-16(18(19,20)21)11-3-2-8-22-9-11/h2-5,8-9,16H,6-7H2,1H3,(H,23,27)/t16-/m0/s1. The maximum Gasteiger partial charge on any atom is 0.412 e. The van der Waals surface area contributed by atoms with Gasteiger partial charge in [0.1, 0.15) is 0 Å². The van der Waals surface area contributed by atoms with Gasteiger partial charge in [0.15, 0.2) is 11.8 Å². The smallest absolute Gasteiger partial charge is 0.412 e. The summed E-state index contributed by atoms with van der Waals surface area (Å²) in [7, 11) is 0. The number of Topliss-reactive ketones (excluding diaryl/α,β-unsaturated/α-hetero) is 1. The highest BCUT2D eigenvalue weighted by Crippen LogP contribution is 2.32. The van der Waals surface area contributed by atoms with Crippen molar-refractivity contribution in [3.63, 3.8) is 0 Å². The number of rotatable bonds is 7. The lowest BCUT2D eigenvalue weighted by Gasteiger charge is -2.21. The average Bonchev–Trinajstić information content (AvgIpc) is 3.33. The third-order valence-corrected chi connectivity index (χ3v) is 5.02. The number of hydrogen-bond donors (Lipinski definition) is 1. The molecule has 0 aliphatic heterocycles. The van der Waals surface area contributed by atoms with E-state index in [-0.39, 0.29) is 36.0 Å². The van der Waals surface area contributed by atoms with Gasteiger partial charge in [0, 0.05) is 30.8 Å². The van der Waals surface area contributed by atoms with E-state index in [1.54, 1.807) is 12.1 Å². The fourth-order valence-electron chi connectivity index (χ4n) is 2.45. The maximum absolute atomic E-state index is 13.3. The Bertz CT molecular complexity index is 1000. The molecule has 0 radical (unpaired) electrons. The number of aromatic nitrogens is 3. The quantitative estimate of drug-likeness (QED) is 0.580. The molecule has 0 aliphatic carbocycles. The van der Waals surface area contributed by atoms with E-state index in [0.717, 1.165) is 6.20 Å². The first-order valence-electron chi connectivity index (χ1n) is 8.43. The van der Waals surface area contributed by atoms with Gasteiger partial charge in [-0.05, 0) is 25.1 Å². The molecule has 0 aliphatic rings. The molecular formula is C18H15F3N4O3S. The van der Waals surface area contributed by atoms with Crippen LogP contribution in [0.1, 0.15) is 40.5 Å². The Labute approximate surface area is 167 Å². The monoisotopic (exact) mass is 424 g/mol. The minimum atomic E-state index is -4.66. The maximum atomic E-state index is 13.3. The molecule has 11 heteroatoms. The Balaban J connectivity index is 1.61. The van der Waals surface area contributed by atoms with Crippen LogP contribution in [0.2, 0.25) is 0 Å². The Morgan fingerprint density at radius 1 is 1.24 bits per heavy atom. The van der Waals surface area contributed by atoms with Crippen LogP contribution in [-0.2, 0) is 11.2 Å². The molecule has 1 N–H and O–H groups in total. The summed E-state index contributed by atoms with van der Waals surface area (Å²) in [6.07, 6.45) is -2.55. The summed E-state index contributed by atoms with van der Waals surface area (Å²) in [5.74, 6) is -0.615. The molecule has 0 aromatic carbocycles. The van der Waals surface area contributed by atoms with Gasteiger partial charge in [-0.3, -0.25) is 14.6 Å². The number of ketones is 1. The number of alkyl halides is 3. The van der Waals surface area contributed by atoms with Gasteiger partial charge < -0.3 is 9.73 Å². The Morgan fingerprint density at radius 2 is 2.03 bits per heavy atom. The fraction of sp³-hybridized carbons (Fsp3) is 0.278. The second-order valence-corrected chi connectivity index (χ2v) is 7.13. The third kappa shape index (κ3) is 5.25. The van der Waals surface area contributed by atoms with Gasteiger partial charge in [-0.2, -0.15) is 13.2 Å².